The van der Waals surface area contributed by atoms with Gasteiger partial charge in [-0.15, -0.1) is 0 Å². The summed E-state index contributed by atoms with van der Waals surface area (Å²) in [7, 11) is 0. The second kappa shape index (κ2) is 5.05. The van der Waals surface area contributed by atoms with Crippen LogP contribution in [0, 0.1) is 0 Å². The van der Waals surface area contributed by atoms with E-state index in [1.807, 2.05) is 0 Å². The van der Waals surface area contributed by atoms with Gasteiger partial charge in [0.15, 0.2) is 0 Å². The minimum atomic E-state index is -0.328. The molecule has 0 saturated heterocycles. The third kappa shape index (κ3) is 5.05. The number of rotatable bonds is 2. The average Bonchev–Trinajstić information content (AvgIpc) is 1.41. The molecule has 0 aliphatic carbocycles. The molecule has 0 N–H and O–H groups in total. The maximum absolute atomic E-state index is 5.21. The molecule has 1 nitrogen and oxygen atoms in total. The van der Waals surface area contributed by atoms with Crippen LogP contribution in [0.4, 0.5) is 0 Å². The Morgan fingerprint density at radius 2 is 1.60 bits per heavy atom. The first-order valence-corrected chi connectivity index (χ1v) is 10.3. The van der Waals surface area contributed by atoms with Crippen LogP contribution in [0.5, 0.6) is 0 Å². The quantitative estimate of drug-likeness (QED) is 0.528. The Balaban J connectivity index is 2.19. The van der Waals surface area contributed by atoms with Crippen molar-refractivity contribution in [3.05, 3.63) is 0 Å². The Hall–Kier alpha value is 1.05. The normalized spacial score (nSPS) is 13.2. The van der Waals surface area contributed by atoms with Gasteiger partial charge in [0.2, 0.25) is 0 Å². The van der Waals surface area contributed by atoms with E-state index in [9.17, 15) is 0 Å². The van der Waals surface area contributed by atoms with Crippen LogP contribution in [-0.2, 0) is 2.79 Å². The number of hydrogen-bond donors (Lipinski definition) is 0. The molecule has 0 heterocycles. The Kier molecular flexibility index (Phi) is 6.10. The first-order valence-electron chi connectivity index (χ1n) is 1.99. The topological polar surface area (TPSA) is 9.23 Å². The van der Waals surface area contributed by atoms with E-state index in [2.05, 4.69) is 11.5 Å². The zero-order valence-electron chi connectivity index (χ0n) is 3.82. The molecule has 0 bridgehead atoms. The standard InChI is InChI=1S/C2H10Ge2O/c1-3-5-4-2/h3-4H2,1-2H3. The third-order valence-corrected chi connectivity index (χ3v) is 11.0. The molecule has 0 unspecified atom stereocenters. The SMILES string of the molecule is [CH3][GeH2][O][GeH2][CH3]. The summed E-state index contributed by atoms with van der Waals surface area (Å²) in [5.74, 6) is 4.45. The van der Waals surface area contributed by atoms with Crippen LogP contribution in [-0.4, -0.2) is 31.5 Å². The van der Waals surface area contributed by atoms with Gasteiger partial charge >= 0.3 is 45.8 Å². The summed E-state index contributed by atoms with van der Waals surface area (Å²) in [4.78, 5) is 0. The molecular weight excluding hydrogens is 185 g/mol. The fraction of sp³-hybridized carbons (Fsp3) is 1.00. The molecule has 0 rings (SSSR count). The van der Waals surface area contributed by atoms with E-state index in [1.165, 1.54) is 0 Å². The van der Waals surface area contributed by atoms with Gasteiger partial charge in [-0.25, -0.2) is 0 Å². The van der Waals surface area contributed by atoms with Crippen molar-refractivity contribution in [2.75, 3.05) is 0 Å². The molecule has 3 heteroatoms. The summed E-state index contributed by atoms with van der Waals surface area (Å²) in [6.07, 6.45) is 0. The molecule has 0 amide bonds. The molecule has 0 radical (unpaired) electrons. The van der Waals surface area contributed by atoms with Crippen LogP contribution >= 0.6 is 0 Å². The van der Waals surface area contributed by atoms with Gasteiger partial charge in [0.1, 0.15) is 0 Å². The molecule has 0 aromatic heterocycles. The van der Waals surface area contributed by atoms with Crippen LogP contribution in [0.15, 0.2) is 0 Å². The molecule has 0 spiro atoms. The van der Waals surface area contributed by atoms with E-state index in [-0.39, 0.29) is 31.5 Å². The van der Waals surface area contributed by atoms with Gasteiger partial charge in [0.25, 0.3) is 0 Å². The van der Waals surface area contributed by atoms with Crippen molar-refractivity contribution in [1.82, 2.24) is 0 Å². The van der Waals surface area contributed by atoms with Crippen molar-refractivity contribution < 1.29 is 2.79 Å². The molecule has 0 fully saturated rings. The molecule has 5 heavy (non-hydrogen) atoms. The van der Waals surface area contributed by atoms with Gasteiger partial charge in [-0.2, -0.15) is 0 Å². The Morgan fingerprint density at radius 1 is 1.20 bits per heavy atom. The van der Waals surface area contributed by atoms with E-state index < -0.39 is 0 Å². The second-order valence-electron chi connectivity index (χ2n) is 0.781. The number of hydrogen-bond acceptors (Lipinski definition) is 1. The predicted molar refractivity (Wildman–Crippen MR) is 29.9 cm³/mol. The van der Waals surface area contributed by atoms with Crippen LogP contribution in [0.25, 0.3) is 0 Å². The average molecular weight is 195 g/mol. The van der Waals surface area contributed by atoms with Crippen molar-refractivity contribution in [2.45, 2.75) is 11.5 Å². The van der Waals surface area contributed by atoms with Crippen molar-refractivity contribution in [3.8, 4) is 0 Å². The molecule has 0 atom stereocenters. The van der Waals surface area contributed by atoms with Crippen LogP contribution < -0.4 is 0 Å². The Morgan fingerprint density at radius 3 is 1.60 bits per heavy atom. The minimum absolute atomic E-state index is 0.328. The summed E-state index contributed by atoms with van der Waals surface area (Å²) in [5.41, 5.74) is 0. The van der Waals surface area contributed by atoms with E-state index in [1.54, 1.807) is 0 Å². The van der Waals surface area contributed by atoms with Crippen molar-refractivity contribution in [2.24, 2.45) is 0 Å². The summed E-state index contributed by atoms with van der Waals surface area (Å²) < 4.78 is 5.21. The van der Waals surface area contributed by atoms with Gasteiger partial charge in [-0.1, -0.05) is 0 Å². The fourth-order valence-corrected chi connectivity index (χ4v) is 5.51. The Labute approximate surface area is 46.1 Å². The maximum atomic E-state index is 5.21. The Bertz CT molecular complexity index is 15.1. The molecular formula is C2H10Ge2O. The third-order valence-electron chi connectivity index (χ3n) is 0.408. The first-order chi connectivity index (χ1) is 2.41. The van der Waals surface area contributed by atoms with E-state index in [4.69, 9.17) is 2.79 Å². The monoisotopic (exact) mass is 198 g/mol. The van der Waals surface area contributed by atoms with Gasteiger partial charge in [-0.3, -0.25) is 0 Å². The molecule has 0 aliphatic heterocycles. The van der Waals surface area contributed by atoms with Crippen LogP contribution in [0.3, 0.4) is 0 Å². The molecule has 0 saturated carbocycles. The van der Waals surface area contributed by atoms with Crippen molar-refractivity contribution in [3.63, 3.8) is 0 Å². The van der Waals surface area contributed by atoms with Gasteiger partial charge in [-0.05, 0) is 0 Å². The van der Waals surface area contributed by atoms with E-state index in [0.29, 0.717) is 0 Å². The fourth-order valence-electron chi connectivity index (χ4n) is 0.204. The molecule has 0 aromatic rings. The second-order valence-corrected chi connectivity index (χ2v) is 8.51. The first kappa shape index (κ1) is 6.05. The van der Waals surface area contributed by atoms with Crippen LogP contribution in [0.1, 0.15) is 0 Å². The summed E-state index contributed by atoms with van der Waals surface area (Å²) >= 11 is -0.656. The molecule has 0 aromatic carbocycles. The van der Waals surface area contributed by atoms with Crippen LogP contribution in [0.2, 0.25) is 11.5 Å². The van der Waals surface area contributed by atoms with Gasteiger partial charge in [0, 0.05) is 0 Å². The van der Waals surface area contributed by atoms with Crippen molar-refractivity contribution >= 4 is 31.5 Å². The summed E-state index contributed by atoms with van der Waals surface area (Å²) in [6, 6.07) is 0. The van der Waals surface area contributed by atoms with Gasteiger partial charge in [0.05, 0.1) is 0 Å². The summed E-state index contributed by atoms with van der Waals surface area (Å²) in [5, 5.41) is 0. The molecule has 0 aliphatic rings. The molecule has 32 valence electrons. The van der Waals surface area contributed by atoms with Gasteiger partial charge < -0.3 is 0 Å². The summed E-state index contributed by atoms with van der Waals surface area (Å²) in [6.45, 7) is 0. The van der Waals surface area contributed by atoms with Crippen molar-refractivity contribution in [1.29, 1.82) is 0 Å². The zero-order valence-corrected chi connectivity index (χ0v) is 9.76. The predicted octanol–water partition coefficient (Wildman–Crippen LogP) is -0.733. The van der Waals surface area contributed by atoms with E-state index in [0.717, 1.165) is 0 Å². The van der Waals surface area contributed by atoms with E-state index >= 15 is 0 Å². The zero-order chi connectivity index (χ0) is 4.12.